The standard InChI is InChI=1S/C18H17NOS2/c1-14-12-21-17(19-14)13-22(20)18(15-8-4-2-5-9-15)16-10-6-3-7-11-16/h2-12,18H,13H2,1H3. The number of aryl methyl sites for hydroxylation is 1. The number of hydrogen-bond acceptors (Lipinski definition) is 3. The number of hydrogen-bond donors (Lipinski definition) is 0. The summed E-state index contributed by atoms with van der Waals surface area (Å²) in [6.07, 6.45) is 0. The van der Waals surface area contributed by atoms with E-state index in [0.29, 0.717) is 5.75 Å². The Kier molecular flexibility index (Phi) is 4.93. The summed E-state index contributed by atoms with van der Waals surface area (Å²) in [6, 6.07) is 20.1. The van der Waals surface area contributed by atoms with Gasteiger partial charge < -0.3 is 4.55 Å². The van der Waals surface area contributed by atoms with Gasteiger partial charge in [-0.2, -0.15) is 0 Å². The Hall–Kier alpha value is -1.62. The zero-order valence-electron chi connectivity index (χ0n) is 12.3. The average Bonchev–Trinajstić information content (AvgIpc) is 2.95. The van der Waals surface area contributed by atoms with Gasteiger partial charge in [0, 0.05) is 22.2 Å². The van der Waals surface area contributed by atoms with E-state index >= 15 is 0 Å². The lowest BCUT2D eigenvalue weighted by Gasteiger charge is -2.22. The van der Waals surface area contributed by atoms with Crippen molar-refractivity contribution >= 4 is 22.5 Å². The molecule has 0 saturated carbocycles. The minimum atomic E-state index is -1.05. The van der Waals surface area contributed by atoms with Crippen LogP contribution in [-0.4, -0.2) is 9.54 Å². The molecule has 0 amide bonds. The fourth-order valence-electron chi connectivity index (χ4n) is 2.43. The molecule has 0 N–H and O–H groups in total. The number of aromatic nitrogens is 1. The van der Waals surface area contributed by atoms with E-state index < -0.39 is 11.2 Å². The Morgan fingerprint density at radius 3 is 2.00 bits per heavy atom. The van der Waals surface area contributed by atoms with Gasteiger partial charge in [0.25, 0.3) is 0 Å². The third-order valence-electron chi connectivity index (χ3n) is 3.40. The van der Waals surface area contributed by atoms with Crippen molar-refractivity contribution in [1.29, 1.82) is 0 Å². The molecule has 112 valence electrons. The molecule has 2 aromatic carbocycles. The molecule has 1 unspecified atom stereocenters. The summed E-state index contributed by atoms with van der Waals surface area (Å²) in [5.41, 5.74) is 3.16. The molecule has 0 spiro atoms. The molecule has 3 aromatic rings. The maximum Gasteiger partial charge on any atom is 0.166 e. The zero-order chi connectivity index (χ0) is 15.4. The molecule has 0 radical (unpaired) electrons. The van der Waals surface area contributed by atoms with Crippen molar-refractivity contribution < 1.29 is 4.55 Å². The molecule has 4 heteroatoms. The summed E-state index contributed by atoms with van der Waals surface area (Å²) in [5.74, 6) is 0.493. The molecule has 0 bridgehead atoms. The lowest BCUT2D eigenvalue weighted by atomic mass is 10.0. The predicted octanol–water partition coefficient (Wildman–Crippen LogP) is 4.49. The van der Waals surface area contributed by atoms with Gasteiger partial charge in [-0.1, -0.05) is 60.7 Å². The molecule has 1 aromatic heterocycles. The Labute approximate surface area is 138 Å². The largest absolute Gasteiger partial charge is 0.615 e. The highest BCUT2D eigenvalue weighted by molar-refractivity contribution is 7.91. The summed E-state index contributed by atoms with van der Waals surface area (Å²) >= 11 is 0.532. The van der Waals surface area contributed by atoms with Crippen molar-refractivity contribution in [2.75, 3.05) is 0 Å². The SMILES string of the molecule is Cc1csc(C[S+]([O-])C(c2ccccc2)c2ccccc2)n1. The lowest BCUT2D eigenvalue weighted by molar-refractivity contribution is 0.587. The van der Waals surface area contributed by atoms with Gasteiger partial charge in [0.1, 0.15) is 5.01 Å². The first kappa shape index (κ1) is 15.3. The third-order valence-corrected chi connectivity index (χ3v) is 6.18. The van der Waals surface area contributed by atoms with Crippen LogP contribution in [0, 0.1) is 6.92 Å². The van der Waals surface area contributed by atoms with Crippen LogP contribution in [0.1, 0.15) is 27.1 Å². The van der Waals surface area contributed by atoms with Crippen LogP contribution >= 0.6 is 11.3 Å². The van der Waals surface area contributed by atoms with Crippen LogP contribution in [0.4, 0.5) is 0 Å². The summed E-state index contributed by atoms with van der Waals surface area (Å²) in [5, 5.41) is 2.83. The van der Waals surface area contributed by atoms with Crippen LogP contribution in [-0.2, 0) is 16.9 Å². The summed E-state index contributed by atoms with van der Waals surface area (Å²) in [4.78, 5) is 4.45. The van der Waals surface area contributed by atoms with Crippen molar-refractivity contribution in [3.8, 4) is 0 Å². The van der Waals surface area contributed by atoms with Gasteiger partial charge in [-0.15, -0.1) is 11.3 Å². The topological polar surface area (TPSA) is 36.0 Å². The highest BCUT2D eigenvalue weighted by atomic mass is 32.2. The molecular weight excluding hydrogens is 310 g/mol. The third kappa shape index (κ3) is 3.58. The molecule has 3 rings (SSSR count). The van der Waals surface area contributed by atoms with Gasteiger partial charge in [-0.25, -0.2) is 4.98 Å². The van der Waals surface area contributed by atoms with E-state index in [4.69, 9.17) is 0 Å². The first-order chi connectivity index (χ1) is 10.7. The van der Waals surface area contributed by atoms with Crippen LogP contribution < -0.4 is 0 Å². The van der Waals surface area contributed by atoms with E-state index in [2.05, 4.69) is 4.98 Å². The monoisotopic (exact) mass is 327 g/mol. The van der Waals surface area contributed by atoms with Crippen molar-refractivity contribution in [1.82, 2.24) is 4.98 Å². The van der Waals surface area contributed by atoms with Gasteiger partial charge >= 0.3 is 0 Å². The second kappa shape index (κ2) is 7.09. The van der Waals surface area contributed by atoms with E-state index in [0.717, 1.165) is 21.8 Å². The minimum Gasteiger partial charge on any atom is -0.615 e. The molecule has 1 atom stereocenters. The minimum absolute atomic E-state index is 0.119. The van der Waals surface area contributed by atoms with Gasteiger partial charge in [-0.05, 0) is 18.1 Å². The van der Waals surface area contributed by atoms with Crippen molar-refractivity contribution in [3.05, 3.63) is 87.9 Å². The Balaban J connectivity index is 1.91. The Morgan fingerprint density at radius 2 is 1.55 bits per heavy atom. The van der Waals surface area contributed by atoms with Gasteiger partial charge in [0.15, 0.2) is 11.0 Å². The van der Waals surface area contributed by atoms with Crippen LogP contribution in [0.3, 0.4) is 0 Å². The van der Waals surface area contributed by atoms with Crippen LogP contribution in [0.2, 0.25) is 0 Å². The molecular formula is C18H17NOS2. The van der Waals surface area contributed by atoms with Crippen LogP contribution in [0.15, 0.2) is 66.0 Å². The molecule has 0 saturated heterocycles. The smallest absolute Gasteiger partial charge is 0.166 e. The Bertz CT molecular complexity index is 673. The quantitative estimate of drug-likeness (QED) is 0.647. The maximum absolute atomic E-state index is 13.0. The number of thiazole rings is 1. The molecule has 0 fully saturated rings. The first-order valence-corrected chi connectivity index (χ1v) is 9.38. The van der Waals surface area contributed by atoms with E-state index in [1.807, 2.05) is 73.0 Å². The molecule has 0 aliphatic heterocycles. The number of benzene rings is 2. The normalized spacial score (nSPS) is 12.5. The van der Waals surface area contributed by atoms with Crippen molar-refractivity contribution in [2.45, 2.75) is 17.9 Å². The maximum atomic E-state index is 13.0. The lowest BCUT2D eigenvalue weighted by Crippen LogP contribution is -2.17. The van der Waals surface area contributed by atoms with Crippen molar-refractivity contribution in [2.24, 2.45) is 0 Å². The fraction of sp³-hybridized carbons (Fsp3) is 0.167. The zero-order valence-corrected chi connectivity index (χ0v) is 13.9. The summed E-state index contributed by atoms with van der Waals surface area (Å²) in [7, 11) is 0. The highest BCUT2D eigenvalue weighted by Crippen LogP contribution is 2.32. The summed E-state index contributed by atoms with van der Waals surface area (Å²) in [6.45, 7) is 1.97. The average molecular weight is 327 g/mol. The predicted molar refractivity (Wildman–Crippen MR) is 93.4 cm³/mol. The summed E-state index contributed by atoms with van der Waals surface area (Å²) < 4.78 is 13.0. The van der Waals surface area contributed by atoms with Gasteiger partial charge in [-0.3, -0.25) is 0 Å². The molecule has 0 aliphatic rings. The first-order valence-electron chi connectivity index (χ1n) is 7.12. The molecule has 22 heavy (non-hydrogen) atoms. The van der Waals surface area contributed by atoms with Gasteiger partial charge in [0.05, 0.1) is 0 Å². The molecule has 1 heterocycles. The van der Waals surface area contributed by atoms with E-state index in [1.54, 1.807) is 11.3 Å². The molecule has 0 aliphatic carbocycles. The van der Waals surface area contributed by atoms with Crippen molar-refractivity contribution in [3.63, 3.8) is 0 Å². The molecule has 2 nitrogen and oxygen atoms in total. The highest BCUT2D eigenvalue weighted by Gasteiger charge is 2.27. The van der Waals surface area contributed by atoms with E-state index in [9.17, 15) is 4.55 Å². The second-order valence-corrected chi connectivity index (χ2v) is 7.57. The Morgan fingerprint density at radius 1 is 1.00 bits per heavy atom. The fourth-order valence-corrected chi connectivity index (χ4v) is 5.00. The second-order valence-electron chi connectivity index (χ2n) is 5.11. The van der Waals surface area contributed by atoms with Crippen LogP contribution in [0.25, 0.3) is 0 Å². The number of nitrogens with zero attached hydrogens (tertiary/aromatic N) is 1. The van der Waals surface area contributed by atoms with E-state index in [1.165, 1.54) is 0 Å². The number of rotatable bonds is 5. The van der Waals surface area contributed by atoms with Gasteiger partial charge in [0.2, 0.25) is 0 Å². The van der Waals surface area contributed by atoms with E-state index in [-0.39, 0.29) is 5.25 Å². The van der Waals surface area contributed by atoms with Crippen LogP contribution in [0.5, 0.6) is 0 Å².